The molecule has 0 heterocycles. The van der Waals surface area contributed by atoms with Gasteiger partial charge in [-0.15, -0.1) is 0 Å². The molecule has 0 amide bonds. The number of nitrogens with two attached hydrogens (primary N) is 1. The second kappa shape index (κ2) is 4.41. The van der Waals surface area contributed by atoms with Gasteiger partial charge >= 0.3 is 0 Å². The second-order valence-electron chi connectivity index (χ2n) is 3.74. The smallest absolute Gasteiger partial charge is 0.125 e. The number of rotatable bonds is 2. The van der Waals surface area contributed by atoms with Crippen LogP contribution < -0.4 is 10.6 Å². The summed E-state index contributed by atoms with van der Waals surface area (Å²) in [6.07, 6.45) is 0. The SMILES string of the molecule is CN(c1ccc(F)cc1)c1cc(F)ccc1N. The minimum atomic E-state index is -0.358. The van der Waals surface area contributed by atoms with Crippen LogP contribution in [0.15, 0.2) is 42.5 Å². The zero-order valence-electron chi connectivity index (χ0n) is 9.32. The molecule has 0 unspecified atom stereocenters. The lowest BCUT2D eigenvalue weighted by molar-refractivity contribution is 0.626. The first-order valence-corrected chi connectivity index (χ1v) is 5.12. The summed E-state index contributed by atoms with van der Waals surface area (Å²) in [4.78, 5) is 1.71. The Balaban J connectivity index is 2.39. The lowest BCUT2D eigenvalue weighted by Gasteiger charge is -2.21. The predicted molar refractivity (Wildman–Crippen MR) is 65.3 cm³/mol. The maximum Gasteiger partial charge on any atom is 0.125 e. The lowest BCUT2D eigenvalue weighted by atomic mass is 10.2. The van der Waals surface area contributed by atoms with Gasteiger partial charge in [0.15, 0.2) is 0 Å². The van der Waals surface area contributed by atoms with E-state index in [1.165, 1.54) is 30.3 Å². The maximum absolute atomic E-state index is 13.1. The van der Waals surface area contributed by atoms with Crippen LogP contribution in [0.2, 0.25) is 0 Å². The van der Waals surface area contributed by atoms with Gasteiger partial charge in [0.25, 0.3) is 0 Å². The molecule has 0 fully saturated rings. The van der Waals surface area contributed by atoms with E-state index in [9.17, 15) is 8.78 Å². The van der Waals surface area contributed by atoms with Crippen molar-refractivity contribution >= 4 is 17.1 Å². The Morgan fingerprint density at radius 2 is 1.53 bits per heavy atom. The van der Waals surface area contributed by atoms with Gasteiger partial charge in [-0.05, 0) is 42.5 Å². The Morgan fingerprint density at radius 1 is 0.941 bits per heavy atom. The van der Waals surface area contributed by atoms with Gasteiger partial charge in [0.1, 0.15) is 11.6 Å². The van der Waals surface area contributed by atoms with Gasteiger partial charge in [0.05, 0.1) is 11.4 Å². The van der Waals surface area contributed by atoms with Crippen molar-refractivity contribution in [2.45, 2.75) is 0 Å². The quantitative estimate of drug-likeness (QED) is 0.808. The molecule has 0 aromatic heterocycles. The number of benzene rings is 2. The van der Waals surface area contributed by atoms with Crippen LogP contribution in [0.4, 0.5) is 25.8 Å². The number of nitrogens with zero attached hydrogens (tertiary/aromatic N) is 1. The molecular weight excluding hydrogens is 222 g/mol. The topological polar surface area (TPSA) is 29.3 Å². The van der Waals surface area contributed by atoms with E-state index < -0.39 is 0 Å². The largest absolute Gasteiger partial charge is 0.397 e. The number of hydrogen-bond acceptors (Lipinski definition) is 2. The van der Waals surface area contributed by atoms with Crippen LogP contribution in [0.5, 0.6) is 0 Å². The minimum absolute atomic E-state index is 0.311. The molecule has 0 aliphatic heterocycles. The normalized spacial score (nSPS) is 10.3. The highest BCUT2D eigenvalue weighted by Gasteiger charge is 2.08. The van der Waals surface area contributed by atoms with Gasteiger partial charge < -0.3 is 10.6 Å². The van der Waals surface area contributed by atoms with Crippen LogP contribution in [0.1, 0.15) is 0 Å². The van der Waals surface area contributed by atoms with Crippen molar-refractivity contribution in [3.63, 3.8) is 0 Å². The van der Waals surface area contributed by atoms with Gasteiger partial charge in [0.2, 0.25) is 0 Å². The molecule has 17 heavy (non-hydrogen) atoms. The first-order chi connectivity index (χ1) is 8.08. The van der Waals surface area contributed by atoms with Crippen molar-refractivity contribution in [3.05, 3.63) is 54.1 Å². The fraction of sp³-hybridized carbons (Fsp3) is 0.0769. The molecule has 2 nitrogen and oxygen atoms in total. The predicted octanol–water partition coefficient (Wildman–Crippen LogP) is 3.31. The summed E-state index contributed by atoms with van der Waals surface area (Å²) in [5, 5.41) is 0. The van der Waals surface area contributed by atoms with Crippen LogP contribution >= 0.6 is 0 Å². The van der Waals surface area contributed by atoms with E-state index in [1.54, 1.807) is 24.1 Å². The summed E-state index contributed by atoms with van der Waals surface area (Å²) >= 11 is 0. The van der Waals surface area contributed by atoms with Crippen molar-refractivity contribution in [1.29, 1.82) is 0 Å². The van der Waals surface area contributed by atoms with Crippen LogP contribution in [0.3, 0.4) is 0 Å². The van der Waals surface area contributed by atoms with E-state index in [2.05, 4.69) is 0 Å². The molecule has 0 saturated carbocycles. The summed E-state index contributed by atoms with van der Waals surface area (Å²) in [6.45, 7) is 0. The van der Waals surface area contributed by atoms with Crippen LogP contribution in [-0.4, -0.2) is 7.05 Å². The average Bonchev–Trinajstić information content (AvgIpc) is 2.32. The standard InChI is InChI=1S/C13H12F2N2/c1-17(11-5-2-9(14)3-6-11)13-8-10(15)4-7-12(13)16/h2-8H,16H2,1H3. The van der Waals surface area contributed by atoms with Crippen molar-refractivity contribution in [3.8, 4) is 0 Å². The summed E-state index contributed by atoms with van der Waals surface area (Å²) in [5.74, 6) is -0.669. The van der Waals surface area contributed by atoms with Crippen molar-refractivity contribution in [2.75, 3.05) is 17.7 Å². The zero-order chi connectivity index (χ0) is 12.4. The molecule has 0 spiro atoms. The summed E-state index contributed by atoms with van der Waals surface area (Å²) in [6, 6.07) is 10.1. The van der Waals surface area contributed by atoms with Crippen molar-refractivity contribution in [2.24, 2.45) is 0 Å². The third-order valence-corrected chi connectivity index (χ3v) is 2.57. The highest BCUT2D eigenvalue weighted by molar-refractivity contribution is 5.74. The Morgan fingerprint density at radius 3 is 2.18 bits per heavy atom. The molecule has 0 radical (unpaired) electrons. The third-order valence-electron chi connectivity index (χ3n) is 2.57. The van der Waals surface area contributed by atoms with Crippen LogP contribution in [0, 0.1) is 11.6 Å². The molecule has 0 atom stereocenters. The average molecular weight is 234 g/mol. The highest BCUT2D eigenvalue weighted by Crippen LogP contribution is 2.29. The Bertz CT molecular complexity index is 523. The van der Waals surface area contributed by atoms with E-state index in [1.807, 2.05) is 0 Å². The molecule has 4 heteroatoms. The van der Waals surface area contributed by atoms with E-state index >= 15 is 0 Å². The number of anilines is 3. The fourth-order valence-electron chi connectivity index (χ4n) is 1.61. The lowest BCUT2D eigenvalue weighted by Crippen LogP contribution is -2.11. The van der Waals surface area contributed by atoms with E-state index in [0.717, 1.165) is 5.69 Å². The first-order valence-electron chi connectivity index (χ1n) is 5.12. The van der Waals surface area contributed by atoms with Crippen LogP contribution in [-0.2, 0) is 0 Å². The first kappa shape index (κ1) is 11.4. The van der Waals surface area contributed by atoms with Gasteiger partial charge in [0, 0.05) is 12.7 Å². The molecule has 2 aromatic rings. The summed E-state index contributed by atoms with van der Waals surface area (Å²) < 4.78 is 25.9. The van der Waals surface area contributed by atoms with Gasteiger partial charge in [-0.25, -0.2) is 8.78 Å². The zero-order valence-corrected chi connectivity index (χ0v) is 9.32. The molecular formula is C13H12F2N2. The van der Waals surface area contributed by atoms with Crippen molar-refractivity contribution < 1.29 is 8.78 Å². The molecule has 88 valence electrons. The van der Waals surface area contributed by atoms with Crippen LogP contribution in [0.25, 0.3) is 0 Å². The Kier molecular flexibility index (Phi) is 2.95. The van der Waals surface area contributed by atoms with Gasteiger partial charge in [-0.1, -0.05) is 0 Å². The Labute approximate surface area is 98.3 Å². The minimum Gasteiger partial charge on any atom is -0.397 e. The Hall–Kier alpha value is -2.10. The van der Waals surface area contributed by atoms with Gasteiger partial charge in [-0.3, -0.25) is 0 Å². The van der Waals surface area contributed by atoms with E-state index in [-0.39, 0.29) is 11.6 Å². The molecule has 2 rings (SSSR count). The molecule has 2 N–H and O–H groups in total. The third kappa shape index (κ3) is 2.36. The maximum atomic E-state index is 13.1. The van der Waals surface area contributed by atoms with E-state index in [0.29, 0.717) is 11.4 Å². The molecule has 0 bridgehead atoms. The summed E-state index contributed by atoms with van der Waals surface area (Å²) in [5.41, 5.74) is 7.54. The highest BCUT2D eigenvalue weighted by atomic mass is 19.1. The fourth-order valence-corrected chi connectivity index (χ4v) is 1.61. The van der Waals surface area contributed by atoms with Crippen molar-refractivity contribution in [1.82, 2.24) is 0 Å². The number of halogens is 2. The molecule has 2 aromatic carbocycles. The molecule has 0 aliphatic rings. The van der Waals surface area contributed by atoms with Gasteiger partial charge in [-0.2, -0.15) is 0 Å². The number of hydrogen-bond donors (Lipinski definition) is 1. The molecule has 0 aliphatic carbocycles. The molecule has 0 saturated heterocycles. The number of nitrogen functional groups attached to an aromatic ring is 1. The second-order valence-corrected chi connectivity index (χ2v) is 3.74. The monoisotopic (exact) mass is 234 g/mol. The summed E-state index contributed by atoms with van der Waals surface area (Å²) in [7, 11) is 1.75. The van der Waals surface area contributed by atoms with E-state index in [4.69, 9.17) is 5.73 Å².